The van der Waals surface area contributed by atoms with Gasteiger partial charge in [-0.15, -0.1) is 0 Å². The first-order chi connectivity index (χ1) is 7.63. The van der Waals surface area contributed by atoms with E-state index >= 15 is 0 Å². The molecular weight excluding hydrogens is 204 g/mol. The minimum atomic E-state index is -0.890. The second-order valence-corrected chi connectivity index (χ2v) is 3.40. The molecule has 0 atom stereocenters. The van der Waals surface area contributed by atoms with Crippen LogP contribution in [0.25, 0.3) is 0 Å². The van der Waals surface area contributed by atoms with Crippen molar-refractivity contribution < 1.29 is 14.6 Å². The fraction of sp³-hybridized carbons (Fsp3) is 0.308. The summed E-state index contributed by atoms with van der Waals surface area (Å²) in [6.45, 7) is 1.97. The third-order valence-corrected chi connectivity index (χ3v) is 2.12. The van der Waals surface area contributed by atoms with Crippen molar-refractivity contribution in [3.05, 3.63) is 29.3 Å². The number of aryl methyl sites for hydroxylation is 1. The van der Waals surface area contributed by atoms with E-state index in [-0.39, 0.29) is 6.42 Å². The highest BCUT2D eigenvalue weighted by Gasteiger charge is 1.98. The first-order valence-corrected chi connectivity index (χ1v) is 4.94. The van der Waals surface area contributed by atoms with E-state index in [1.165, 1.54) is 0 Å². The maximum Gasteiger partial charge on any atom is 0.315 e. The molecule has 1 rings (SSSR count). The van der Waals surface area contributed by atoms with Gasteiger partial charge in [0.1, 0.15) is 12.2 Å². The van der Waals surface area contributed by atoms with E-state index in [1.54, 1.807) is 7.11 Å². The second-order valence-electron chi connectivity index (χ2n) is 3.40. The van der Waals surface area contributed by atoms with Crippen LogP contribution in [0.1, 0.15) is 17.5 Å². The van der Waals surface area contributed by atoms with Gasteiger partial charge < -0.3 is 9.84 Å². The number of hydrogen-bond acceptors (Lipinski definition) is 2. The number of methoxy groups -OCH3 is 1. The van der Waals surface area contributed by atoms with Crippen LogP contribution in [0.5, 0.6) is 5.75 Å². The van der Waals surface area contributed by atoms with Crippen molar-refractivity contribution in [1.29, 1.82) is 0 Å². The van der Waals surface area contributed by atoms with Gasteiger partial charge in [-0.05, 0) is 24.1 Å². The van der Waals surface area contributed by atoms with Crippen LogP contribution < -0.4 is 4.74 Å². The summed E-state index contributed by atoms with van der Waals surface area (Å²) in [4.78, 5) is 10.2. The van der Waals surface area contributed by atoms with Gasteiger partial charge in [-0.2, -0.15) is 0 Å². The Kier molecular flexibility index (Phi) is 4.41. The summed E-state index contributed by atoms with van der Waals surface area (Å²) >= 11 is 0. The Bertz CT molecular complexity index is 438. The molecule has 84 valence electrons. The monoisotopic (exact) mass is 218 g/mol. The first kappa shape index (κ1) is 12.1. The van der Waals surface area contributed by atoms with Crippen LogP contribution in [0, 0.1) is 18.8 Å². The van der Waals surface area contributed by atoms with Crippen molar-refractivity contribution in [2.75, 3.05) is 7.11 Å². The van der Waals surface area contributed by atoms with Crippen molar-refractivity contribution in [3.63, 3.8) is 0 Å². The number of aliphatic carboxylic acids is 1. The number of carboxylic acid groups (broad SMARTS) is 1. The van der Waals surface area contributed by atoms with Crippen LogP contribution >= 0.6 is 0 Å². The molecule has 1 N–H and O–H groups in total. The first-order valence-electron chi connectivity index (χ1n) is 4.94. The van der Waals surface area contributed by atoms with Crippen molar-refractivity contribution in [2.24, 2.45) is 0 Å². The lowest BCUT2D eigenvalue weighted by molar-refractivity contribution is -0.135. The quantitative estimate of drug-likeness (QED) is 0.789. The highest BCUT2D eigenvalue weighted by Crippen LogP contribution is 2.18. The summed E-state index contributed by atoms with van der Waals surface area (Å²) in [5.74, 6) is 5.39. The van der Waals surface area contributed by atoms with Crippen LogP contribution in [0.3, 0.4) is 0 Å². The Balaban J connectivity index is 2.64. The fourth-order valence-corrected chi connectivity index (χ4v) is 1.35. The normalized spacial score (nSPS) is 9.12. The molecule has 0 heterocycles. The number of benzene rings is 1. The van der Waals surface area contributed by atoms with E-state index in [9.17, 15) is 4.79 Å². The SMILES string of the molecule is COc1ccc(CC#CCC(=O)O)cc1C. The van der Waals surface area contributed by atoms with E-state index in [1.807, 2.05) is 25.1 Å². The third-order valence-electron chi connectivity index (χ3n) is 2.12. The van der Waals surface area contributed by atoms with Crippen LogP contribution in [0.15, 0.2) is 18.2 Å². The molecule has 0 saturated heterocycles. The van der Waals surface area contributed by atoms with Gasteiger partial charge in [0.2, 0.25) is 0 Å². The summed E-state index contributed by atoms with van der Waals surface area (Å²) in [6, 6.07) is 5.82. The Morgan fingerprint density at radius 3 is 2.75 bits per heavy atom. The topological polar surface area (TPSA) is 46.5 Å². The predicted octanol–water partition coefficient (Wildman–Crippen LogP) is 2.02. The van der Waals surface area contributed by atoms with Gasteiger partial charge in [0, 0.05) is 6.42 Å². The Morgan fingerprint density at radius 1 is 1.44 bits per heavy atom. The summed E-state index contributed by atoms with van der Waals surface area (Å²) in [5.41, 5.74) is 2.12. The summed E-state index contributed by atoms with van der Waals surface area (Å²) < 4.78 is 5.14. The third kappa shape index (κ3) is 3.66. The number of carbonyl (C=O) groups is 1. The Labute approximate surface area is 95.1 Å². The molecule has 0 aliphatic heterocycles. The Hall–Kier alpha value is -1.95. The predicted molar refractivity (Wildman–Crippen MR) is 61.5 cm³/mol. The minimum absolute atomic E-state index is 0.102. The zero-order valence-corrected chi connectivity index (χ0v) is 9.41. The molecule has 0 saturated carbocycles. The van der Waals surface area contributed by atoms with Crippen LogP contribution in [0.2, 0.25) is 0 Å². The van der Waals surface area contributed by atoms with Crippen molar-refractivity contribution in [1.82, 2.24) is 0 Å². The van der Waals surface area contributed by atoms with Gasteiger partial charge in [-0.3, -0.25) is 4.79 Å². The molecular formula is C13H14O3. The van der Waals surface area contributed by atoms with Gasteiger partial charge in [0.05, 0.1) is 7.11 Å². The Morgan fingerprint density at radius 2 is 2.19 bits per heavy atom. The van der Waals surface area contributed by atoms with Crippen LogP contribution in [-0.2, 0) is 11.2 Å². The van der Waals surface area contributed by atoms with Gasteiger partial charge in [-0.1, -0.05) is 24.0 Å². The average molecular weight is 218 g/mol. The molecule has 3 heteroatoms. The average Bonchev–Trinajstić information content (AvgIpc) is 2.24. The fourth-order valence-electron chi connectivity index (χ4n) is 1.35. The molecule has 1 aromatic rings. The molecule has 0 amide bonds. The van der Waals surface area contributed by atoms with Crippen molar-refractivity contribution in [3.8, 4) is 17.6 Å². The van der Waals surface area contributed by atoms with E-state index in [0.717, 1.165) is 16.9 Å². The molecule has 1 aromatic carbocycles. The summed E-state index contributed by atoms with van der Waals surface area (Å²) in [5, 5.41) is 8.40. The largest absolute Gasteiger partial charge is 0.496 e. The van der Waals surface area contributed by atoms with Crippen molar-refractivity contribution in [2.45, 2.75) is 19.8 Å². The molecule has 0 aromatic heterocycles. The standard InChI is InChI=1S/C13H14O3/c1-10-9-11(7-8-12(10)16-2)5-3-4-6-13(14)15/h7-9H,5-6H2,1-2H3,(H,14,15). The lowest BCUT2D eigenvalue weighted by atomic mass is 10.1. The summed E-state index contributed by atoms with van der Waals surface area (Å²) in [6.07, 6.45) is 0.466. The van der Waals surface area contributed by atoms with Gasteiger partial charge in [0.25, 0.3) is 0 Å². The maximum absolute atomic E-state index is 10.2. The van der Waals surface area contributed by atoms with Gasteiger partial charge in [-0.25, -0.2) is 0 Å². The number of hydrogen-bond donors (Lipinski definition) is 1. The van der Waals surface area contributed by atoms with E-state index in [0.29, 0.717) is 6.42 Å². The lowest BCUT2D eigenvalue weighted by Crippen LogP contribution is -1.91. The number of ether oxygens (including phenoxy) is 1. The van der Waals surface area contributed by atoms with E-state index in [4.69, 9.17) is 9.84 Å². The molecule has 0 bridgehead atoms. The van der Waals surface area contributed by atoms with Crippen LogP contribution in [-0.4, -0.2) is 18.2 Å². The maximum atomic E-state index is 10.2. The number of rotatable bonds is 3. The lowest BCUT2D eigenvalue weighted by Gasteiger charge is -2.05. The van der Waals surface area contributed by atoms with E-state index < -0.39 is 5.97 Å². The zero-order chi connectivity index (χ0) is 12.0. The zero-order valence-electron chi connectivity index (χ0n) is 9.41. The highest BCUT2D eigenvalue weighted by atomic mass is 16.5. The molecule has 0 unspecified atom stereocenters. The highest BCUT2D eigenvalue weighted by molar-refractivity contribution is 5.69. The van der Waals surface area contributed by atoms with Gasteiger partial charge in [0.15, 0.2) is 0 Å². The molecule has 0 radical (unpaired) electrons. The smallest absolute Gasteiger partial charge is 0.315 e. The van der Waals surface area contributed by atoms with Gasteiger partial charge >= 0.3 is 5.97 Å². The molecule has 16 heavy (non-hydrogen) atoms. The minimum Gasteiger partial charge on any atom is -0.496 e. The molecule has 3 nitrogen and oxygen atoms in total. The number of carboxylic acids is 1. The molecule has 0 fully saturated rings. The molecule has 0 aliphatic carbocycles. The second kappa shape index (κ2) is 5.82. The van der Waals surface area contributed by atoms with Crippen LogP contribution in [0.4, 0.5) is 0 Å². The van der Waals surface area contributed by atoms with Crippen molar-refractivity contribution >= 4 is 5.97 Å². The molecule has 0 spiro atoms. The van der Waals surface area contributed by atoms with E-state index in [2.05, 4.69) is 11.8 Å². The molecule has 0 aliphatic rings. The summed E-state index contributed by atoms with van der Waals surface area (Å²) in [7, 11) is 1.63.